The van der Waals surface area contributed by atoms with Crippen molar-refractivity contribution in [1.82, 2.24) is 4.31 Å². The van der Waals surface area contributed by atoms with Gasteiger partial charge in [-0.15, -0.1) is 0 Å². The van der Waals surface area contributed by atoms with Crippen molar-refractivity contribution in [2.24, 2.45) is 0 Å². The molecule has 0 spiro atoms. The van der Waals surface area contributed by atoms with E-state index in [9.17, 15) is 13.2 Å². The average molecular weight is 351 g/mol. The molecule has 1 aromatic rings. The minimum Gasteiger partial charge on any atom is -0.495 e. The number of carbonyl (C=O) groups is 1. The van der Waals surface area contributed by atoms with Crippen LogP contribution in [0.15, 0.2) is 18.2 Å². The molecule has 0 aromatic heterocycles. The van der Waals surface area contributed by atoms with E-state index in [-0.39, 0.29) is 19.7 Å². The highest BCUT2D eigenvalue weighted by atomic mass is 35.5. The van der Waals surface area contributed by atoms with Crippen LogP contribution in [0, 0.1) is 0 Å². The van der Waals surface area contributed by atoms with Gasteiger partial charge in [0, 0.05) is 18.7 Å². The smallest absolute Gasteiger partial charge is 0.239 e. The van der Waals surface area contributed by atoms with E-state index in [1.165, 1.54) is 20.3 Å². The Bertz CT molecular complexity index is 621. The van der Waals surface area contributed by atoms with Crippen LogP contribution >= 0.6 is 11.6 Å². The zero-order chi connectivity index (χ0) is 16.8. The number of sulfonamides is 1. The van der Waals surface area contributed by atoms with E-state index in [1.807, 2.05) is 0 Å². The van der Waals surface area contributed by atoms with Gasteiger partial charge in [0.15, 0.2) is 0 Å². The van der Waals surface area contributed by atoms with Crippen molar-refractivity contribution >= 4 is 33.2 Å². The van der Waals surface area contributed by atoms with E-state index in [4.69, 9.17) is 21.1 Å². The van der Waals surface area contributed by atoms with Crippen LogP contribution in [0.5, 0.6) is 5.75 Å². The second-order valence-corrected chi connectivity index (χ2v) is 6.90. The van der Waals surface area contributed by atoms with Crippen molar-refractivity contribution in [2.45, 2.75) is 0 Å². The molecular formula is C13H19ClN2O5S. The Morgan fingerprint density at radius 2 is 2.05 bits per heavy atom. The molecule has 1 N–H and O–H groups in total. The van der Waals surface area contributed by atoms with Crippen molar-refractivity contribution in [3.63, 3.8) is 0 Å². The lowest BCUT2D eigenvalue weighted by atomic mass is 10.3. The minimum absolute atomic E-state index is 0.0927. The summed E-state index contributed by atoms with van der Waals surface area (Å²) in [6.45, 7) is -0.0336. The largest absolute Gasteiger partial charge is 0.495 e. The number of amides is 1. The molecular weight excluding hydrogens is 332 g/mol. The van der Waals surface area contributed by atoms with Gasteiger partial charge in [0.1, 0.15) is 5.75 Å². The minimum atomic E-state index is -3.51. The number of halogens is 1. The van der Waals surface area contributed by atoms with Crippen molar-refractivity contribution < 1.29 is 22.7 Å². The summed E-state index contributed by atoms with van der Waals surface area (Å²) in [5.74, 6) is -0.0670. The zero-order valence-electron chi connectivity index (χ0n) is 12.6. The van der Waals surface area contributed by atoms with Crippen LogP contribution in [0.4, 0.5) is 5.69 Å². The highest BCUT2D eigenvalue weighted by Crippen LogP contribution is 2.27. The normalized spacial score (nSPS) is 11.5. The van der Waals surface area contributed by atoms with Crippen LogP contribution in [0.25, 0.3) is 0 Å². The molecule has 0 unspecified atom stereocenters. The van der Waals surface area contributed by atoms with E-state index in [2.05, 4.69) is 5.32 Å². The van der Waals surface area contributed by atoms with E-state index < -0.39 is 15.9 Å². The molecule has 0 bridgehead atoms. The topological polar surface area (TPSA) is 84.9 Å². The fourth-order valence-electron chi connectivity index (χ4n) is 1.68. The monoisotopic (exact) mass is 350 g/mol. The molecule has 0 aliphatic heterocycles. The van der Waals surface area contributed by atoms with Crippen molar-refractivity contribution in [1.29, 1.82) is 0 Å². The van der Waals surface area contributed by atoms with Gasteiger partial charge in [0.25, 0.3) is 0 Å². The number of carbonyl (C=O) groups excluding carboxylic acids is 1. The molecule has 22 heavy (non-hydrogen) atoms. The van der Waals surface area contributed by atoms with Crippen molar-refractivity contribution in [3.8, 4) is 5.75 Å². The molecule has 1 rings (SSSR count). The maximum Gasteiger partial charge on any atom is 0.239 e. The number of rotatable bonds is 8. The molecule has 0 saturated heterocycles. The summed E-state index contributed by atoms with van der Waals surface area (Å²) in [5, 5.41) is 3.01. The molecule has 9 heteroatoms. The fourth-order valence-corrected chi connectivity index (χ4v) is 2.61. The number of nitrogens with zero attached hydrogens (tertiary/aromatic N) is 1. The first kappa shape index (κ1) is 18.7. The van der Waals surface area contributed by atoms with Crippen LogP contribution in [-0.2, 0) is 19.6 Å². The second-order valence-electron chi connectivity index (χ2n) is 4.48. The molecule has 0 fully saturated rings. The molecule has 0 aliphatic carbocycles. The number of benzene rings is 1. The average Bonchev–Trinajstić information content (AvgIpc) is 2.42. The molecule has 0 aliphatic rings. The van der Waals surface area contributed by atoms with Gasteiger partial charge >= 0.3 is 0 Å². The summed E-state index contributed by atoms with van der Waals surface area (Å²) in [7, 11) is -0.599. The Morgan fingerprint density at radius 1 is 1.36 bits per heavy atom. The van der Waals surface area contributed by atoms with Gasteiger partial charge < -0.3 is 14.8 Å². The van der Waals surface area contributed by atoms with Crippen molar-refractivity contribution in [2.75, 3.05) is 45.5 Å². The SMILES string of the molecule is COCCN(CC(=O)Nc1cc(Cl)ccc1OC)S(C)(=O)=O. The number of nitrogens with one attached hydrogen (secondary N) is 1. The Labute approximate surface area is 135 Å². The van der Waals surface area contributed by atoms with Gasteiger partial charge in [0.05, 0.1) is 32.2 Å². The first-order valence-corrected chi connectivity index (χ1v) is 8.58. The molecule has 0 saturated carbocycles. The lowest BCUT2D eigenvalue weighted by Crippen LogP contribution is -2.39. The predicted molar refractivity (Wildman–Crippen MR) is 84.9 cm³/mol. The number of hydrogen-bond acceptors (Lipinski definition) is 5. The third kappa shape index (κ3) is 5.80. The van der Waals surface area contributed by atoms with Gasteiger partial charge in [0.2, 0.25) is 15.9 Å². The van der Waals surface area contributed by atoms with Crippen LogP contribution in [0.2, 0.25) is 5.02 Å². The quantitative estimate of drug-likeness (QED) is 0.761. The van der Waals surface area contributed by atoms with E-state index >= 15 is 0 Å². The predicted octanol–water partition coefficient (Wildman–Crippen LogP) is 1.20. The lowest BCUT2D eigenvalue weighted by molar-refractivity contribution is -0.116. The molecule has 0 atom stereocenters. The summed E-state index contributed by atoms with van der Waals surface area (Å²) in [4.78, 5) is 12.1. The van der Waals surface area contributed by atoms with E-state index in [1.54, 1.807) is 12.1 Å². The molecule has 7 nitrogen and oxygen atoms in total. The fraction of sp³-hybridized carbons (Fsp3) is 0.462. The molecule has 124 valence electrons. The highest BCUT2D eigenvalue weighted by molar-refractivity contribution is 7.88. The van der Waals surface area contributed by atoms with E-state index in [0.717, 1.165) is 10.6 Å². The molecule has 0 radical (unpaired) electrons. The number of anilines is 1. The zero-order valence-corrected chi connectivity index (χ0v) is 14.2. The standard InChI is InChI=1S/C13H19ClN2O5S/c1-20-7-6-16(22(3,18)19)9-13(17)15-11-8-10(14)4-5-12(11)21-2/h4-5,8H,6-7,9H2,1-3H3,(H,15,17). The van der Waals surface area contributed by atoms with Crippen LogP contribution < -0.4 is 10.1 Å². The van der Waals surface area contributed by atoms with Gasteiger partial charge in [-0.2, -0.15) is 4.31 Å². The Balaban J connectivity index is 2.81. The highest BCUT2D eigenvalue weighted by Gasteiger charge is 2.20. The Morgan fingerprint density at radius 3 is 2.59 bits per heavy atom. The van der Waals surface area contributed by atoms with E-state index in [0.29, 0.717) is 16.5 Å². The van der Waals surface area contributed by atoms with Crippen LogP contribution in [-0.4, -0.2) is 58.8 Å². The summed E-state index contributed by atoms with van der Waals surface area (Å²) in [6, 6.07) is 4.76. The van der Waals surface area contributed by atoms with Gasteiger partial charge in [-0.3, -0.25) is 4.79 Å². The number of hydrogen-bond donors (Lipinski definition) is 1. The summed E-state index contributed by atoms with van der Waals surface area (Å²) in [6.07, 6.45) is 1.04. The first-order chi connectivity index (χ1) is 10.3. The molecule has 1 amide bonds. The Hall–Kier alpha value is -1.35. The third-order valence-electron chi connectivity index (χ3n) is 2.77. The third-order valence-corrected chi connectivity index (χ3v) is 4.25. The number of ether oxygens (including phenoxy) is 2. The van der Waals surface area contributed by atoms with Gasteiger partial charge in [-0.1, -0.05) is 11.6 Å². The maximum absolute atomic E-state index is 12.1. The second kappa shape index (κ2) is 8.33. The van der Waals surface area contributed by atoms with Crippen LogP contribution in [0.1, 0.15) is 0 Å². The van der Waals surface area contributed by atoms with Gasteiger partial charge in [-0.05, 0) is 18.2 Å². The Kier molecular flexibility index (Phi) is 7.08. The lowest BCUT2D eigenvalue weighted by Gasteiger charge is -2.19. The van der Waals surface area contributed by atoms with Crippen LogP contribution in [0.3, 0.4) is 0 Å². The first-order valence-electron chi connectivity index (χ1n) is 6.35. The van der Waals surface area contributed by atoms with Gasteiger partial charge in [-0.25, -0.2) is 8.42 Å². The summed E-state index contributed by atoms with van der Waals surface area (Å²) < 4.78 is 34.3. The summed E-state index contributed by atoms with van der Waals surface area (Å²) in [5.41, 5.74) is 0.375. The summed E-state index contributed by atoms with van der Waals surface area (Å²) >= 11 is 5.87. The maximum atomic E-state index is 12.1. The van der Waals surface area contributed by atoms with Crippen molar-refractivity contribution in [3.05, 3.63) is 23.2 Å². The number of methoxy groups -OCH3 is 2. The molecule has 0 heterocycles. The molecule has 1 aromatic carbocycles.